The summed E-state index contributed by atoms with van der Waals surface area (Å²) in [6, 6.07) is 1.58. The van der Waals surface area contributed by atoms with Gasteiger partial charge < -0.3 is 19.3 Å². The molecule has 6 heteroatoms. The third-order valence-corrected chi connectivity index (χ3v) is 1.64. The molecule has 0 aliphatic rings. The van der Waals surface area contributed by atoms with Crippen LogP contribution < -0.4 is 0 Å². The fourth-order valence-electron chi connectivity index (χ4n) is 1.09. The van der Waals surface area contributed by atoms with E-state index in [1.165, 1.54) is 14.2 Å². The molecule has 0 rings (SSSR count). The highest BCUT2D eigenvalue weighted by molar-refractivity contribution is 6.11. The molecule has 0 saturated carbocycles. The average Bonchev–Trinajstić information content (AvgIpc) is 2.18. The molecule has 5 nitrogen and oxygen atoms in total. The van der Waals surface area contributed by atoms with Gasteiger partial charge in [-0.25, -0.2) is 0 Å². The Hall–Kier alpha value is -0.605. The zero-order valence-corrected chi connectivity index (χ0v) is 8.82. The van der Waals surface area contributed by atoms with Gasteiger partial charge in [0.2, 0.25) is 0 Å². The van der Waals surface area contributed by atoms with Crippen LogP contribution in [0.1, 0.15) is 0 Å². The molecule has 0 aromatic heterocycles. The van der Waals surface area contributed by atoms with E-state index in [2.05, 4.69) is 0 Å². The Morgan fingerprint density at radius 3 is 2.21 bits per heavy atom. The highest BCUT2D eigenvalue weighted by atomic mass is 16.6. The van der Waals surface area contributed by atoms with Crippen LogP contribution >= 0.6 is 0 Å². The number of hydrogen-bond acceptors (Lipinski definition) is 5. The van der Waals surface area contributed by atoms with Crippen LogP contribution in [0.2, 0.25) is 0 Å². The van der Waals surface area contributed by atoms with Crippen molar-refractivity contribution in [3.05, 3.63) is 0 Å². The van der Waals surface area contributed by atoms with E-state index in [0.29, 0.717) is 0 Å². The molecule has 0 aliphatic heterocycles. The summed E-state index contributed by atoms with van der Waals surface area (Å²) in [7, 11) is 4.64. The molecule has 80 valence electrons. The molecule has 0 radical (unpaired) electrons. The molecule has 0 heterocycles. The molecule has 0 unspecified atom stereocenters. The first-order valence-electron chi connectivity index (χ1n) is 4.32. The van der Waals surface area contributed by atoms with Gasteiger partial charge in [0.05, 0.1) is 19.8 Å². The molecule has 0 fully saturated rings. The summed E-state index contributed by atoms with van der Waals surface area (Å²) in [5.41, 5.74) is -1.13. The van der Waals surface area contributed by atoms with Crippen LogP contribution in [0.25, 0.3) is 0 Å². The van der Waals surface area contributed by atoms with Crippen LogP contribution in [0.3, 0.4) is 0 Å². The van der Waals surface area contributed by atoms with Gasteiger partial charge in [0, 0.05) is 20.2 Å². The van der Waals surface area contributed by atoms with E-state index in [1.54, 1.807) is 7.85 Å². The van der Waals surface area contributed by atoms with E-state index >= 15 is 0 Å². The first-order valence-corrected chi connectivity index (χ1v) is 4.32. The van der Waals surface area contributed by atoms with E-state index in [9.17, 15) is 0 Å². The Balaban J connectivity index is 4.42. The lowest BCUT2D eigenvalue weighted by Crippen LogP contribution is -2.44. The fourth-order valence-corrected chi connectivity index (χ4v) is 1.09. The summed E-state index contributed by atoms with van der Waals surface area (Å²) < 4.78 is 15.1. The zero-order chi connectivity index (χ0) is 11.0. The van der Waals surface area contributed by atoms with Crippen LogP contribution in [-0.2, 0) is 14.2 Å². The second kappa shape index (κ2) is 6.79. The minimum atomic E-state index is -1.13. The molecule has 14 heavy (non-hydrogen) atoms. The van der Waals surface area contributed by atoms with E-state index in [1.807, 2.05) is 6.07 Å². The van der Waals surface area contributed by atoms with Crippen molar-refractivity contribution < 1.29 is 19.3 Å². The number of rotatable bonds is 7. The second-order valence-electron chi connectivity index (χ2n) is 3.08. The van der Waals surface area contributed by atoms with E-state index in [-0.39, 0.29) is 19.8 Å². The summed E-state index contributed by atoms with van der Waals surface area (Å²) in [6.45, 7) is 0.0836. The number of aliphatic hydroxyl groups excluding tert-OH is 1. The zero-order valence-electron chi connectivity index (χ0n) is 8.82. The number of nitriles is 1. The number of nitrogens with zero attached hydrogens (tertiary/aromatic N) is 1. The molecular weight excluding hydrogens is 185 g/mol. The first-order chi connectivity index (χ1) is 6.64. The Bertz CT molecular complexity index is 188. The Morgan fingerprint density at radius 2 is 1.93 bits per heavy atom. The van der Waals surface area contributed by atoms with Crippen molar-refractivity contribution in [2.75, 3.05) is 34.0 Å². The van der Waals surface area contributed by atoms with Crippen LogP contribution in [0.5, 0.6) is 0 Å². The van der Waals surface area contributed by atoms with Gasteiger partial charge in [-0.2, -0.15) is 5.26 Å². The first kappa shape index (κ1) is 13.4. The highest BCUT2D eigenvalue weighted by Crippen LogP contribution is 2.13. The summed E-state index contributed by atoms with van der Waals surface area (Å²) >= 11 is 0. The molecule has 0 amide bonds. The lowest BCUT2D eigenvalue weighted by atomic mass is 9.99. The quantitative estimate of drug-likeness (QED) is 0.508. The number of aliphatic hydroxyl groups is 1. The molecule has 0 aromatic rings. The summed E-state index contributed by atoms with van der Waals surface area (Å²) in [6.07, 6.45) is 0. The molecule has 1 N–H and O–H groups in total. The predicted octanol–water partition coefficient (Wildman–Crippen LogP) is -1.49. The minimum absolute atomic E-state index is 0.113. The van der Waals surface area contributed by atoms with Gasteiger partial charge in [0.25, 0.3) is 0 Å². The number of ether oxygens (including phenoxy) is 3. The van der Waals surface area contributed by atoms with Gasteiger partial charge in [0.1, 0.15) is 13.9 Å². The topological polar surface area (TPSA) is 71.7 Å². The van der Waals surface area contributed by atoms with Gasteiger partial charge in [-0.1, -0.05) is 0 Å². The molecular formula is C8H16BNO4. The number of hydrogen-bond donors (Lipinski definition) is 1. The average molecular weight is 201 g/mol. The van der Waals surface area contributed by atoms with Crippen molar-refractivity contribution in [3.8, 4) is 6.07 Å². The monoisotopic (exact) mass is 201 g/mol. The normalized spacial score (nSPS) is 13.6. The largest absolute Gasteiger partial charge is 0.394 e. The Labute approximate surface area is 85.0 Å². The highest BCUT2D eigenvalue weighted by Gasteiger charge is 2.33. The Kier molecular flexibility index (Phi) is 6.50. The van der Waals surface area contributed by atoms with Crippen molar-refractivity contribution in [1.29, 1.82) is 5.26 Å². The van der Waals surface area contributed by atoms with Crippen molar-refractivity contribution in [3.63, 3.8) is 0 Å². The maximum atomic E-state index is 8.97. The van der Waals surface area contributed by atoms with E-state index in [0.717, 1.165) is 0 Å². The van der Waals surface area contributed by atoms with Crippen LogP contribution in [0, 0.1) is 11.3 Å². The van der Waals surface area contributed by atoms with Gasteiger partial charge in [-0.05, 0) is 0 Å². The smallest absolute Gasteiger partial charge is 0.199 e. The third kappa shape index (κ3) is 4.07. The molecule has 0 aliphatic carbocycles. The maximum Gasteiger partial charge on any atom is 0.199 e. The van der Waals surface area contributed by atoms with E-state index < -0.39 is 11.6 Å². The van der Waals surface area contributed by atoms with Gasteiger partial charge in [0.15, 0.2) is 5.60 Å². The molecule has 1 atom stereocenters. The summed E-state index contributed by atoms with van der Waals surface area (Å²) in [5.74, 6) is 0. The summed E-state index contributed by atoms with van der Waals surface area (Å²) in [4.78, 5) is 0. The summed E-state index contributed by atoms with van der Waals surface area (Å²) in [5, 5.41) is 17.8. The van der Waals surface area contributed by atoms with Crippen LogP contribution in [0.4, 0.5) is 0 Å². The van der Waals surface area contributed by atoms with Crippen LogP contribution in [0.15, 0.2) is 0 Å². The standard InChI is InChI=1S/C8H16BNO4/c1-12-5-8(4-10,6-13-2)14-7(9)3-11/h7,11H,3,5-6,9H2,1-2H3/t7-/m1/s1. The van der Waals surface area contributed by atoms with Crippen molar-refractivity contribution >= 4 is 7.85 Å². The predicted molar refractivity (Wildman–Crippen MR) is 52.6 cm³/mol. The molecule has 0 bridgehead atoms. The lowest BCUT2D eigenvalue weighted by Gasteiger charge is -2.28. The third-order valence-electron chi connectivity index (χ3n) is 1.64. The van der Waals surface area contributed by atoms with Gasteiger partial charge >= 0.3 is 0 Å². The minimum Gasteiger partial charge on any atom is -0.394 e. The van der Waals surface area contributed by atoms with E-state index in [4.69, 9.17) is 24.6 Å². The van der Waals surface area contributed by atoms with Crippen molar-refractivity contribution in [1.82, 2.24) is 0 Å². The molecule has 0 spiro atoms. The molecule has 0 saturated heterocycles. The lowest BCUT2D eigenvalue weighted by molar-refractivity contribution is -0.108. The number of methoxy groups -OCH3 is 2. The van der Waals surface area contributed by atoms with Crippen molar-refractivity contribution in [2.24, 2.45) is 0 Å². The fraction of sp³-hybridized carbons (Fsp3) is 0.875. The van der Waals surface area contributed by atoms with Crippen LogP contribution in [-0.4, -0.2) is 58.6 Å². The van der Waals surface area contributed by atoms with Gasteiger partial charge in [-0.15, -0.1) is 0 Å². The second-order valence-corrected chi connectivity index (χ2v) is 3.08. The Morgan fingerprint density at radius 1 is 1.43 bits per heavy atom. The maximum absolute atomic E-state index is 8.97. The van der Waals surface area contributed by atoms with Crippen molar-refractivity contribution in [2.45, 2.75) is 11.6 Å². The SMILES string of the molecule is B[C@@H](CO)OC(C#N)(COC)COC. The molecule has 0 aromatic carbocycles. The van der Waals surface area contributed by atoms with Gasteiger partial charge in [-0.3, -0.25) is 0 Å².